The van der Waals surface area contributed by atoms with Crippen LogP contribution in [-0.2, 0) is 4.79 Å². The van der Waals surface area contributed by atoms with Gasteiger partial charge in [-0.25, -0.2) is 0 Å². The Morgan fingerprint density at radius 2 is 2.09 bits per heavy atom. The predicted octanol–water partition coefficient (Wildman–Crippen LogP) is 1.90. The summed E-state index contributed by atoms with van der Waals surface area (Å²) in [7, 11) is 0. The number of carbonyl (C=O) groups is 2. The molecule has 0 aliphatic heterocycles. The molecule has 124 valence electrons. The zero-order chi connectivity index (χ0) is 16.4. The van der Waals surface area contributed by atoms with E-state index in [4.69, 9.17) is 5.11 Å². The van der Waals surface area contributed by atoms with Crippen LogP contribution in [0, 0.1) is 5.92 Å². The average Bonchev–Trinajstić information content (AvgIpc) is 3.25. The summed E-state index contributed by atoms with van der Waals surface area (Å²) in [5.74, 6) is -0.247. The Balaban J connectivity index is 1.49. The van der Waals surface area contributed by atoms with Crippen LogP contribution >= 0.6 is 15.9 Å². The van der Waals surface area contributed by atoms with Crippen LogP contribution in [-0.4, -0.2) is 52.0 Å². The van der Waals surface area contributed by atoms with Crippen molar-refractivity contribution in [1.29, 1.82) is 0 Å². The first-order valence-corrected chi connectivity index (χ1v) is 8.68. The van der Waals surface area contributed by atoms with Crippen molar-refractivity contribution in [3.05, 3.63) is 28.5 Å². The number of rotatable bonds is 7. The summed E-state index contributed by atoms with van der Waals surface area (Å²) in [6.07, 6.45) is 7.22. The van der Waals surface area contributed by atoms with Crippen LogP contribution < -0.4 is 5.32 Å². The van der Waals surface area contributed by atoms with Crippen LogP contribution in [0.1, 0.15) is 36.0 Å². The SMILES string of the molecule is O=C(O)CN(CC1CC1)C1CC(NC(=O)c2cncc(Br)c2)C1. The number of aromatic nitrogens is 1. The van der Waals surface area contributed by atoms with Gasteiger partial charge in [-0.05, 0) is 53.6 Å². The minimum absolute atomic E-state index is 0.0946. The van der Waals surface area contributed by atoms with Crippen molar-refractivity contribution >= 4 is 27.8 Å². The average molecular weight is 382 g/mol. The molecule has 3 rings (SSSR count). The molecule has 2 saturated carbocycles. The Hall–Kier alpha value is -1.47. The monoisotopic (exact) mass is 381 g/mol. The molecule has 1 heterocycles. The van der Waals surface area contributed by atoms with Crippen LogP contribution in [0.15, 0.2) is 22.9 Å². The molecule has 7 heteroatoms. The third kappa shape index (κ3) is 4.51. The summed E-state index contributed by atoms with van der Waals surface area (Å²) in [5.41, 5.74) is 0.531. The number of carboxylic acids is 1. The lowest BCUT2D eigenvalue weighted by Gasteiger charge is -2.42. The van der Waals surface area contributed by atoms with Gasteiger partial charge in [-0.1, -0.05) is 0 Å². The second kappa shape index (κ2) is 6.97. The second-order valence-electron chi connectivity index (χ2n) is 6.45. The zero-order valence-electron chi connectivity index (χ0n) is 12.7. The van der Waals surface area contributed by atoms with Gasteiger partial charge in [0.1, 0.15) is 0 Å². The lowest BCUT2D eigenvalue weighted by molar-refractivity contribution is -0.139. The fraction of sp³-hybridized carbons (Fsp3) is 0.562. The number of pyridine rings is 1. The van der Waals surface area contributed by atoms with Gasteiger partial charge in [-0.3, -0.25) is 19.5 Å². The molecule has 23 heavy (non-hydrogen) atoms. The smallest absolute Gasteiger partial charge is 0.317 e. The molecule has 1 aromatic rings. The minimum atomic E-state index is -0.779. The van der Waals surface area contributed by atoms with Gasteiger partial charge in [-0.15, -0.1) is 0 Å². The maximum atomic E-state index is 12.2. The van der Waals surface area contributed by atoms with E-state index in [0.717, 1.165) is 23.9 Å². The highest BCUT2D eigenvalue weighted by atomic mass is 79.9. The number of nitrogens with zero attached hydrogens (tertiary/aromatic N) is 2. The van der Waals surface area contributed by atoms with Crippen LogP contribution in [0.3, 0.4) is 0 Å². The molecule has 2 aliphatic rings. The first-order valence-electron chi connectivity index (χ1n) is 7.88. The normalized spacial score (nSPS) is 23.4. The van der Waals surface area contributed by atoms with Crippen LogP contribution in [0.5, 0.6) is 0 Å². The van der Waals surface area contributed by atoms with E-state index in [2.05, 4.69) is 31.1 Å². The van der Waals surface area contributed by atoms with Gasteiger partial charge < -0.3 is 10.4 Å². The summed E-state index contributed by atoms with van der Waals surface area (Å²) in [6, 6.07) is 2.11. The van der Waals surface area contributed by atoms with Crippen molar-refractivity contribution in [2.75, 3.05) is 13.1 Å². The highest BCUT2D eigenvalue weighted by Gasteiger charge is 2.37. The van der Waals surface area contributed by atoms with E-state index in [1.165, 1.54) is 12.8 Å². The summed E-state index contributed by atoms with van der Waals surface area (Å²) < 4.78 is 0.772. The summed E-state index contributed by atoms with van der Waals surface area (Å²) >= 11 is 3.30. The number of hydrogen-bond donors (Lipinski definition) is 2. The summed E-state index contributed by atoms with van der Waals surface area (Å²) in [6.45, 7) is 0.963. The highest BCUT2D eigenvalue weighted by Crippen LogP contribution is 2.33. The highest BCUT2D eigenvalue weighted by molar-refractivity contribution is 9.10. The number of amides is 1. The first kappa shape index (κ1) is 16.4. The van der Waals surface area contributed by atoms with Gasteiger partial charge in [0.15, 0.2) is 0 Å². The van der Waals surface area contributed by atoms with E-state index in [9.17, 15) is 9.59 Å². The minimum Gasteiger partial charge on any atom is -0.480 e. The Labute approximate surface area is 143 Å². The summed E-state index contributed by atoms with van der Waals surface area (Å²) in [4.78, 5) is 29.2. The molecular formula is C16H20BrN3O3. The molecule has 0 saturated heterocycles. The largest absolute Gasteiger partial charge is 0.480 e. The van der Waals surface area contributed by atoms with Crippen molar-refractivity contribution < 1.29 is 14.7 Å². The van der Waals surface area contributed by atoms with E-state index in [1.54, 1.807) is 18.5 Å². The fourth-order valence-electron chi connectivity index (χ4n) is 2.96. The van der Waals surface area contributed by atoms with Gasteiger partial charge in [-0.2, -0.15) is 0 Å². The van der Waals surface area contributed by atoms with Crippen LogP contribution in [0.2, 0.25) is 0 Å². The first-order chi connectivity index (χ1) is 11.0. The van der Waals surface area contributed by atoms with Gasteiger partial charge in [0, 0.05) is 35.5 Å². The van der Waals surface area contributed by atoms with Crippen molar-refractivity contribution in [2.24, 2.45) is 5.92 Å². The number of carboxylic acid groups (broad SMARTS) is 1. The maximum Gasteiger partial charge on any atom is 0.317 e. The standard InChI is InChI=1S/C16H20BrN3O3/c17-12-3-11(6-18-7-12)16(23)19-13-4-14(5-13)20(9-15(21)22)8-10-1-2-10/h3,6-7,10,13-14H,1-2,4-5,8-9H2,(H,19,23)(H,21,22). The molecule has 6 nitrogen and oxygen atoms in total. The van der Waals surface area contributed by atoms with E-state index in [1.807, 2.05) is 0 Å². The van der Waals surface area contributed by atoms with Crippen molar-refractivity contribution in [3.8, 4) is 0 Å². The van der Waals surface area contributed by atoms with Gasteiger partial charge >= 0.3 is 5.97 Å². The molecule has 0 bridgehead atoms. The predicted molar refractivity (Wildman–Crippen MR) is 88.1 cm³/mol. The molecule has 2 N–H and O–H groups in total. The molecule has 2 fully saturated rings. The lowest BCUT2D eigenvalue weighted by Crippen LogP contribution is -2.55. The number of aliphatic carboxylic acids is 1. The Morgan fingerprint density at radius 3 is 2.70 bits per heavy atom. The Morgan fingerprint density at radius 1 is 1.35 bits per heavy atom. The third-order valence-corrected chi connectivity index (χ3v) is 4.89. The molecule has 1 amide bonds. The summed E-state index contributed by atoms with van der Waals surface area (Å²) in [5, 5.41) is 12.0. The molecular weight excluding hydrogens is 362 g/mol. The Bertz CT molecular complexity index is 600. The molecule has 0 unspecified atom stereocenters. The number of halogens is 1. The van der Waals surface area contributed by atoms with Gasteiger partial charge in [0.05, 0.1) is 12.1 Å². The molecule has 0 radical (unpaired) electrons. The van der Waals surface area contributed by atoms with Crippen LogP contribution in [0.4, 0.5) is 0 Å². The molecule has 2 aliphatic carbocycles. The molecule has 0 aromatic carbocycles. The van der Waals surface area contributed by atoms with E-state index in [-0.39, 0.29) is 24.5 Å². The molecule has 1 aromatic heterocycles. The van der Waals surface area contributed by atoms with Crippen molar-refractivity contribution in [3.63, 3.8) is 0 Å². The van der Waals surface area contributed by atoms with Crippen LogP contribution in [0.25, 0.3) is 0 Å². The lowest BCUT2D eigenvalue weighted by atomic mass is 9.85. The molecule has 0 spiro atoms. The van der Waals surface area contributed by atoms with E-state index < -0.39 is 5.97 Å². The number of nitrogens with one attached hydrogen (secondary N) is 1. The van der Waals surface area contributed by atoms with Gasteiger partial charge in [0.2, 0.25) is 0 Å². The van der Waals surface area contributed by atoms with E-state index in [0.29, 0.717) is 11.5 Å². The van der Waals surface area contributed by atoms with Gasteiger partial charge in [0.25, 0.3) is 5.91 Å². The Kier molecular flexibility index (Phi) is 4.96. The quantitative estimate of drug-likeness (QED) is 0.753. The topological polar surface area (TPSA) is 82.5 Å². The number of hydrogen-bond acceptors (Lipinski definition) is 4. The fourth-order valence-corrected chi connectivity index (χ4v) is 3.32. The number of carbonyl (C=O) groups excluding carboxylic acids is 1. The molecule has 0 atom stereocenters. The third-order valence-electron chi connectivity index (χ3n) is 4.46. The maximum absolute atomic E-state index is 12.2. The van der Waals surface area contributed by atoms with E-state index >= 15 is 0 Å². The van der Waals surface area contributed by atoms with Crippen molar-refractivity contribution in [2.45, 2.75) is 37.8 Å². The zero-order valence-corrected chi connectivity index (χ0v) is 14.3. The second-order valence-corrected chi connectivity index (χ2v) is 7.37. The van der Waals surface area contributed by atoms with Crippen molar-refractivity contribution in [1.82, 2.24) is 15.2 Å².